The summed E-state index contributed by atoms with van der Waals surface area (Å²) in [7, 11) is 3.44. The highest BCUT2D eigenvalue weighted by Gasteiger charge is 2.07. The molecular formula is C17H30IN3O2. The molecule has 0 saturated heterocycles. The Balaban J connectivity index is 0.00000484. The van der Waals surface area contributed by atoms with Crippen molar-refractivity contribution in [2.24, 2.45) is 4.99 Å². The highest BCUT2D eigenvalue weighted by Crippen LogP contribution is 2.25. The first-order valence-corrected chi connectivity index (χ1v) is 7.76. The zero-order valence-electron chi connectivity index (χ0n) is 14.8. The molecule has 0 aliphatic carbocycles. The van der Waals surface area contributed by atoms with E-state index >= 15 is 0 Å². The number of ether oxygens (including phenoxy) is 2. The molecule has 1 aromatic rings. The monoisotopic (exact) mass is 435 g/mol. The lowest BCUT2D eigenvalue weighted by Gasteiger charge is -2.18. The number of nitrogens with zero attached hydrogens (tertiary/aromatic N) is 1. The Labute approximate surface area is 157 Å². The molecule has 0 amide bonds. The van der Waals surface area contributed by atoms with Crippen molar-refractivity contribution in [2.75, 3.05) is 33.9 Å². The van der Waals surface area contributed by atoms with E-state index in [0.717, 1.165) is 11.7 Å². The molecule has 0 fully saturated rings. The third-order valence-electron chi connectivity index (χ3n) is 3.22. The zero-order chi connectivity index (χ0) is 16.4. The summed E-state index contributed by atoms with van der Waals surface area (Å²) in [4.78, 5) is 4.18. The van der Waals surface area contributed by atoms with Gasteiger partial charge in [-0.2, -0.15) is 0 Å². The second-order valence-electron chi connectivity index (χ2n) is 5.54. The fourth-order valence-corrected chi connectivity index (χ4v) is 2.14. The largest absolute Gasteiger partial charge is 0.491 e. The normalized spacial score (nSPS) is 12.5. The summed E-state index contributed by atoms with van der Waals surface area (Å²) in [6.45, 7) is 8.30. The molecule has 0 spiro atoms. The van der Waals surface area contributed by atoms with Crippen molar-refractivity contribution in [1.82, 2.24) is 10.6 Å². The van der Waals surface area contributed by atoms with Gasteiger partial charge < -0.3 is 20.1 Å². The van der Waals surface area contributed by atoms with Crippen molar-refractivity contribution in [3.63, 3.8) is 0 Å². The van der Waals surface area contributed by atoms with Crippen molar-refractivity contribution < 1.29 is 9.47 Å². The van der Waals surface area contributed by atoms with Crippen LogP contribution >= 0.6 is 24.0 Å². The van der Waals surface area contributed by atoms with E-state index < -0.39 is 0 Å². The van der Waals surface area contributed by atoms with Gasteiger partial charge in [-0.25, -0.2) is 0 Å². The summed E-state index contributed by atoms with van der Waals surface area (Å²) in [6, 6.07) is 8.38. The maximum Gasteiger partial charge on any atom is 0.191 e. The van der Waals surface area contributed by atoms with Crippen LogP contribution in [0.2, 0.25) is 0 Å². The molecule has 23 heavy (non-hydrogen) atoms. The van der Waals surface area contributed by atoms with Crippen LogP contribution in [0, 0.1) is 0 Å². The average Bonchev–Trinajstić information content (AvgIpc) is 2.50. The van der Waals surface area contributed by atoms with E-state index in [9.17, 15) is 0 Å². The average molecular weight is 435 g/mol. The van der Waals surface area contributed by atoms with Crippen LogP contribution in [-0.2, 0) is 4.74 Å². The molecule has 6 heteroatoms. The summed E-state index contributed by atoms with van der Waals surface area (Å²) < 4.78 is 11.0. The van der Waals surface area contributed by atoms with Crippen LogP contribution in [0.25, 0.3) is 0 Å². The number of halogens is 1. The fourth-order valence-electron chi connectivity index (χ4n) is 2.14. The molecule has 2 N–H and O–H groups in total. The van der Waals surface area contributed by atoms with Gasteiger partial charge in [0.1, 0.15) is 12.4 Å². The Bertz CT molecular complexity index is 467. The maximum atomic E-state index is 5.88. The lowest BCUT2D eigenvalue weighted by atomic mass is 10.0. The van der Waals surface area contributed by atoms with Gasteiger partial charge in [0.2, 0.25) is 0 Å². The molecule has 1 unspecified atom stereocenters. The van der Waals surface area contributed by atoms with Crippen LogP contribution in [-0.4, -0.2) is 45.9 Å². The van der Waals surface area contributed by atoms with Crippen LogP contribution in [0.15, 0.2) is 29.3 Å². The Morgan fingerprint density at radius 1 is 1.22 bits per heavy atom. The van der Waals surface area contributed by atoms with E-state index in [1.54, 1.807) is 14.2 Å². The fraction of sp³-hybridized carbons (Fsp3) is 0.588. The molecule has 0 aliphatic rings. The summed E-state index contributed by atoms with van der Waals surface area (Å²) in [6.07, 6.45) is 0. The molecule has 1 aromatic carbocycles. The van der Waals surface area contributed by atoms with E-state index in [0.29, 0.717) is 25.7 Å². The third kappa shape index (κ3) is 8.41. The molecule has 5 nitrogen and oxygen atoms in total. The van der Waals surface area contributed by atoms with Crippen molar-refractivity contribution in [3.8, 4) is 5.75 Å². The van der Waals surface area contributed by atoms with Gasteiger partial charge >= 0.3 is 0 Å². The minimum absolute atomic E-state index is 0. The van der Waals surface area contributed by atoms with Gasteiger partial charge in [0.15, 0.2) is 5.96 Å². The predicted molar refractivity (Wildman–Crippen MR) is 107 cm³/mol. The highest BCUT2D eigenvalue weighted by molar-refractivity contribution is 14.0. The lowest BCUT2D eigenvalue weighted by Crippen LogP contribution is -2.45. The third-order valence-corrected chi connectivity index (χ3v) is 3.22. The number of hydrogen-bond donors (Lipinski definition) is 2. The summed E-state index contributed by atoms with van der Waals surface area (Å²) in [5.74, 6) is 2.16. The number of aliphatic imine (C=N–C) groups is 1. The van der Waals surface area contributed by atoms with Crippen molar-refractivity contribution in [3.05, 3.63) is 29.8 Å². The molecule has 1 atom stereocenters. The molecule has 0 heterocycles. The molecule has 0 aromatic heterocycles. The molecule has 1 rings (SSSR count). The van der Waals surface area contributed by atoms with Gasteiger partial charge in [0, 0.05) is 20.2 Å². The number of hydrogen-bond acceptors (Lipinski definition) is 3. The Kier molecular flexibility index (Phi) is 11.9. The standard InChI is InChI=1S/C17H29N3O2.HI/c1-13(2)15-8-6-7-9-16(15)22-11-10-19-17(18-4)20-14(3)12-21-5;/h6-9,13-14H,10-12H2,1-5H3,(H2,18,19,20);1H. The SMILES string of the molecule is CN=C(NCCOc1ccccc1C(C)C)NC(C)COC.I. The first kappa shape index (κ1) is 22.0. The van der Waals surface area contributed by atoms with Crippen LogP contribution in [0.5, 0.6) is 5.75 Å². The van der Waals surface area contributed by atoms with E-state index in [2.05, 4.69) is 35.5 Å². The molecular weight excluding hydrogens is 405 g/mol. The van der Waals surface area contributed by atoms with Crippen LogP contribution in [0.1, 0.15) is 32.3 Å². The van der Waals surface area contributed by atoms with Crippen LogP contribution < -0.4 is 15.4 Å². The minimum atomic E-state index is 0. The molecule has 0 bridgehead atoms. The van der Waals surface area contributed by atoms with Gasteiger partial charge in [0.05, 0.1) is 13.2 Å². The quantitative estimate of drug-likeness (QED) is 0.285. The van der Waals surface area contributed by atoms with Gasteiger partial charge in [-0.3, -0.25) is 4.99 Å². The second-order valence-corrected chi connectivity index (χ2v) is 5.54. The lowest BCUT2D eigenvalue weighted by molar-refractivity contribution is 0.179. The summed E-state index contributed by atoms with van der Waals surface area (Å²) >= 11 is 0. The van der Waals surface area contributed by atoms with Gasteiger partial charge in [-0.05, 0) is 24.5 Å². The molecule has 132 valence electrons. The highest BCUT2D eigenvalue weighted by atomic mass is 127. The number of benzene rings is 1. The maximum absolute atomic E-state index is 5.88. The Morgan fingerprint density at radius 2 is 1.91 bits per heavy atom. The van der Waals surface area contributed by atoms with Gasteiger partial charge in [0.25, 0.3) is 0 Å². The van der Waals surface area contributed by atoms with Crippen LogP contribution in [0.4, 0.5) is 0 Å². The van der Waals surface area contributed by atoms with E-state index in [-0.39, 0.29) is 30.0 Å². The van der Waals surface area contributed by atoms with Gasteiger partial charge in [-0.15, -0.1) is 24.0 Å². The smallest absolute Gasteiger partial charge is 0.191 e. The topological polar surface area (TPSA) is 54.9 Å². The number of guanidine groups is 1. The summed E-state index contributed by atoms with van der Waals surface area (Å²) in [5.41, 5.74) is 1.23. The van der Waals surface area contributed by atoms with E-state index in [4.69, 9.17) is 9.47 Å². The Hall–Kier alpha value is -1.02. The van der Waals surface area contributed by atoms with Gasteiger partial charge in [-0.1, -0.05) is 32.0 Å². The predicted octanol–water partition coefficient (Wildman–Crippen LogP) is 3.01. The molecule has 0 saturated carbocycles. The number of rotatable bonds is 8. The first-order chi connectivity index (χ1) is 10.6. The van der Waals surface area contributed by atoms with E-state index in [1.165, 1.54) is 5.56 Å². The molecule has 0 aliphatic heterocycles. The Morgan fingerprint density at radius 3 is 2.52 bits per heavy atom. The zero-order valence-corrected chi connectivity index (χ0v) is 17.1. The number of methoxy groups -OCH3 is 1. The summed E-state index contributed by atoms with van der Waals surface area (Å²) in [5, 5.41) is 6.49. The van der Waals surface area contributed by atoms with Crippen molar-refractivity contribution >= 4 is 29.9 Å². The molecule has 0 radical (unpaired) electrons. The minimum Gasteiger partial charge on any atom is -0.491 e. The van der Waals surface area contributed by atoms with Crippen molar-refractivity contribution in [2.45, 2.75) is 32.7 Å². The first-order valence-electron chi connectivity index (χ1n) is 7.76. The number of para-hydroxylation sites is 1. The van der Waals surface area contributed by atoms with Crippen molar-refractivity contribution in [1.29, 1.82) is 0 Å². The van der Waals surface area contributed by atoms with Crippen LogP contribution in [0.3, 0.4) is 0 Å². The van der Waals surface area contributed by atoms with E-state index in [1.807, 2.05) is 25.1 Å². The number of nitrogens with one attached hydrogen (secondary N) is 2. The second kappa shape index (κ2) is 12.4.